The summed E-state index contributed by atoms with van der Waals surface area (Å²) < 4.78 is 4.34. The number of halogens is 2. The molecule has 2 unspecified atom stereocenters. The number of rotatable bonds is 4. The summed E-state index contributed by atoms with van der Waals surface area (Å²) in [5, 5.41) is 0. The molecule has 0 amide bonds. The third kappa shape index (κ3) is 5.81. The van der Waals surface area contributed by atoms with Gasteiger partial charge in [-0.2, -0.15) is 0 Å². The minimum Gasteiger partial charge on any atom is -1.00 e. The Morgan fingerprint density at radius 3 is 1.18 bits per heavy atom. The molecule has 2 aliphatic carbocycles. The number of hydrogen-bond donors (Lipinski definition) is 0. The summed E-state index contributed by atoms with van der Waals surface area (Å²) in [6, 6.07) is 33.0. The maximum absolute atomic E-state index is 2.65. The zero-order chi connectivity index (χ0) is 30.3. The van der Waals surface area contributed by atoms with Crippen LogP contribution in [0.5, 0.6) is 0 Å². The van der Waals surface area contributed by atoms with Gasteiger partial charge < -0.3 is 24.8 Å². The Kier molecular flexibility index (Phi) is 9.20. The maximum atomic E-state index is 2.56. The average Bonchev–Trinajstić information content (AvgIpc) is 3.54. The summed E-state index contributed by atoms with van der Waals surface area (Å²) in [6.45, 7) is 18.7. The number of allylic oxidation sites excluding steroid dienone is 2. The molecule has 7 rings (SSSR count). The normalized spacial score (nSPS) is 18.8. The Bertz CT molecular complexity index is 1660. The number of hydrogen-bond acceptors (Lipinski definition) is 0. The molecule has 4 aromatic rings. The molecule has 1 fully saturated rings. The second-order valence-corrected chi connectivity index (χ2v) is 27.0. The fraction of sp³-hybridized carbons (Fsp3) is 0.333. The van der Waals surface area contributed by atoms with E-state index in [4.69, 9.17) is 0 Å². The molecule has 232 valence electrons. The molecule has 0 aromatic heterocycles. The maximum Gasteiger partial charge on any atom is -1.00 e. The predicted octanol–water partition coefficient (Wildman–Crippen LogP) is 6.24. The van der Waals surface area contributed by atoms with Crippen LogP contribution in [0.2, 0.25) is 8.26 Å². The Morgan fingerprint density at radius 1 is 0.511 bits per heavy atom. The summed E-state index contributed by atoms with van der Waals surface area (Å²) >= 11 is -2.65. The van der Waals surface area contributed by atoms with E-state index in [-0.39, 0.29) is 35.6 Å². The fourth-order valence-electron chi connectivity index (χ4n) is 8.32. The van der Waals surface area contributed by atoms with Crippen LogP contribution < -0.4 is 24.8 Å². The summed E-state index contributed by atoms with van der Waals surface area (Å²) in [5.74, 6) is 0. The molecule has 0 bridgehead atoms. The Labute approximate surface area is 288 Å². The monoisotopic (exact) mass is 710 g/mol. The third-order valence-electron chi connectivity index (χ3n) is 10.7. The largest absolute Gasteiger partial charge is 1.00 e. The molecule has 1 heterocycles. The van der Waals surface area contributed by atoms with E-state index in [0.717, 1.165) is 0 Å². The van der Waals surface area contributed by atoms with Gasteiger partial charge in [-0.05, 0) is 0 Å². The molecule has 0 spiro atoms. The van der Waals surface area contributed by atoms with Crippen molar-refractivity contribution in [2.45, 2.75) is 81.7 Å². The van der Waals surface area contributed by atoms with Crippen molar-refractivity contribution < 1.29 is 45.1 Å². The van der Waals surface area contributed by atoms with Crippen LogP contribution in [0.1, 0.15) is 96.0 Å². The molecule has 45 heavy (non-hydrogen) atoms. The van der Waals surface area contributed by atoms with Crippen LogP contribution in [0.3, 0.4) is 0 Å². The van der Waals surface area contributed by atoms with E-state index < -0.39 is 20.3 Å². The molecule has 2 atom stereocenters. The van der Waals surface area contributed by atoms with Crippen molar-refractivity contribution in [1.82, 2.24) is 0 Å². The van der Waals surface area contributed by atoms with Gasteiger partial charge in [0.25, 0.3) is 0 Å². The fourth-order valence-corrected chi connectivity index (χ4v) is 26.0. The molecular formula is C42H46Cl2Zr. The van der Waals surface area contributed by atoms with Crippen molar-refractivity contribution in [2.24, 2.45) is 0 Å². The van der Waals surface area contributed by atoms with Crippen molar-refractivity contribution in [3.63, 3.8) is 0 Å². The van der Waals surface area contributed by atoms with Crippen molar-refractivity contribution in [2.75, 3.05) is 0 Å². The van der Waals surface area contributed by atoms with E-state index in [1.54, 1.807) is 22.3 Å². The summed E-state index contributed by atoms with van der Waals surface area (Å²) in [4.78, 5) is 0. The summed E-state index contributed by atoms with van der Waals surface area (Å²) in [5.41, 5.74) is 18.1. The smallest absolute Gasteiger partial charge is 1.00 e. The first-order chi connectivity index (χ1) is 20.4. The molecule has 3 aliphatic rings. The average molecular weight is 713 g/mol. The van der Waals surface area contributed by atoms with E-state index in [2.05, 4.69) is 152 Å². The molecule has 0 saturated carbocycles. The topological polar surface area (TPSA) is 0 Å². The first-order valence-electron chi connectivity index (χ1n) is 16.2. The van der Waals surface area contributed by atoms with Crippen molar-refractivity contribution >= 4 is 12.2 Å². The Hall–Kier alpha value is -2.18. The zero-order valence-corrected chi connectivity index (χ0v) is 32.0. The quantitative estimate of drug-likeness (QED) is 0.235. The van der Waals surface area contributed by atoms with Crippen molar-refractivity contribution in [3.05, 3.63) is 129 Å². The van der Waals surface area contributed by atoms with Gasteiger partial charge in [0.2, 0.25) is 0 Å². The molecular weight excluding hydrogens is 667 g/mol. The van der Waals surface area contributed by atoms with Crippen molar-refractivity contribution in [3.8, 4) is 22.3 Å². The van der Waals surface area contributed by atoms with Crippen molar-refractivity contribution in [1.29, 1.82) is 0 Å². The first kappa shape index (κ1) is 34.2. The van der Waals surface area contributed by atoms with E-state index in [9.17, 15) is 0 Å². The Morgan fingerprint density at radius 2 is 0.867 bits per heavy atom. The summed E-state index contributed by atoms with van der Waals surface area (Å²) in [7, 11) is 0. The van der Waals surface area contributed by atoms with Gasteiger partial charge in [0.05, 0.1) is 0 Å². The molecule has 4 aromatic carbocycles. The minimum absolute atomic E-state index is 0. The minimum atomic E-state index is -2.65. The van der Waals surface area contributed by atoms with Gasteiger partial charge in [0.1, 0.15) is 0 Å². The van der Waals surface area contributed by atoms with Gasteiger partial charge in [0, 0.05) is 0 Å². The van der Waals surface area contributed by atoms with Crippen LogP contribution in [0.25, 0.3) is 34.4 Å². The van der Waals surface area contributed by atoms with Crippen LogP contribution in [0, 0.1) is 0 Å². The second kappa shape index (κ2) is 12.1. The summed E-state index contributed by atoms with van der Waals surface area (Å²) in [6.07, 6.45) is 5.12. The van der Waals surface area contributed by atoms with Gasteiger partial charge in [-0.1, -0.05) is 0 Å². The van der Waals surface area contributed by atoms with E-state index in [1.165, 1.54) is 52.8 Å². The van der Waals surface area contributed by atoms with Crippen LogP contribution in [0.15, 0.2) is 96.1 Å². The van der Waals surface area contributed by atoms with Gasteiger partial charge in [0.15, 0.2) is 0 Å². The Balaban J connectivity index is 0.00000200. The number of fused-ring (bicyclic) bond motifs is 2. The van der Waals surface area contributed by atoms with Crippen LogP contribution in [-0.4, -0.2) is 0 Å². The van der Waals surface area contributed by atoms with Gasteiger partial charge in [-0.25, -0.2) is 0 Å². The zero-order valence-electron chi connectivity index (χ0n) is 28.1. The second-order valence-electron chi connectivity index (χ2n) is 15.6. The van der Waals surface area contributed by atoms with Crippen LogP contribution in [-0.2, 0) is 31.1 Å². The number of benzene rings is 4. The van der Waals surface area contributed by atoms with E-state index in [1.807, 2.05) is 0 Å². The first-order valence-corrected chi connectivity index (χ1v) is 22.5. The van der Waals surface area contributed by atoms with Gasteiger partial charge in [-0.3, -0.25) is 0 Å². The van der Waals surface area contributed by atoms with Crippen LogP contribution >= 0.6 is 0 Å². The molecule has 0 radical (unpaired) electrons. The molecule has 0 N–H and O–H groups in total. The van der Waals surface area contributed by atoms with E-state index in [0.29, 0.717) is 7.25 Å². The predicted molar refractivity (Wildman–Crippen MR) is 184 cm³/mol. The van der Waals surface area contributed by atoms with Crippen LogP contribution in [0.4, 0.5) is 0 Å². The van der Waals surface area contributed by atoms with Gasteiger partial charge in [-0.15, -0.1) is 0 Å². The van der Waals surface area contributed by atoms with Gasteiger partial charge >= 0.3 is 266 Å². The molecule has 0 nitrogen and oxygen atoms in total. The molecule has 1 aliphatic heterocycles. The SMILES string of the molecule is CC1=Cc2c(-c3ccc(C(C)(C)C)cc3)cccc2[CH]1[Zr+2]1([CH]2C(C)=Cc3c(-c4ccc(C(C)(C)C)cc4)cccc32)[CH2][CH2]1.[Cl-].[Cl-]. The van der Waals surface area contributed by atoms with E-state index >= 15 is 0 Å². The third-order valence-corrected chi connectivity index (χ3v) is 24.1. The molecule has 3 heteroatoms. The molecule has 1 saturated heterocycles. The standard InChI is InChI=1S/2C20H21.C2H4.2ClH.Zr/c2*1-14-12-16-6-5-7-18(19(16)13-14)15-8-10-17(11-9-15)20(2,3)4;1-2;;;/h2*5-13H,1-4H3;1-2H2;2*1H;/q;;;;;+2/p-2.